The lowest BCUT2D eigenvalue weighted by molar-refractivity contribution is -0.127. The molecule has 1 aromatic rings. The molecular weight excluding hydrogens is 272 g/mol. The number of amides is 1. The fourth-order valence-electron chi connectivity index (χ4n) is 1.65. The van der Waals surface area contributed by atoms with Crippen molar-refractivity contribution in [1.82, 2.24) is 4.90 Å². The first-order valence-electron chi connectivity index (χ1n) is 5.68. The highest BCUT2D eigenvalue weighted by atomic mass is 35.5. The van der Waals surface area contributed by atoms with Gasteiger partial charge in [-0.05, 0) is 31.0 Å². The van der Waals surface area contributed by atoms with Gasteiger partial charge in [0.2, 0.25) is 5.91 Å². The third-order valence-electron chi connectivity index (χ3n) is 2.94. The van der Waals surface area contributed by atoms with E-state index in [1.807, 2.05) is 0 Å². The molecule has 0 heterocycles. The molecule has 2 rings (SSSR count). The van der Waals surface area contributed by atoms with E-state index >= 15 is 0 Å². The van der Waals surface area contributed by atoms with Gasteiger partial charge in [-0.2, -0.15) is 0 Å². The highest BCUT2D eigenvalue weighted by molar-refractivity contribution is 7.85. The number of hydrogen-bond acceptors (Lipinski definition) is 3. The molecular formula is C12H15ClN2O2S. The predicted octanol–water partition coefficient (Wildman–Crippen LogP) is 1.65. The first kappa shape index (κ1) is 13.4. The highest BCUT2D eigenvalue weighted by Crippen LogP contribution is 2.26. The standard InChI is InChI=1S/C12H15ClN2O2S/c1-15(9-3-4-9)12(16)7-18(17)11-6-8(14)2-5-10(11)13/h2,5-6,9H,3-4,7,14H2,1H3. The third-order valence-corrected chi connectivity index (χ3v) is 4.72. The van der Waals surface area contributed by atoms with Crippen LogP contribution in [0.3, 0.4) is 0 Å². The molecule has 0 aliphatic heterocycles. The number of nitrogens with zero attached hydrogens (tertiary/aromatic N) is 1. The summed E-state index contributed by atoms with van der Waals surface area (Å²) in [6.45, 7) is 0. The van der Waals surface area contributed by atoms with Gasteiger partial charge in [0, 0.05) is 18.8 Å². The summed E-state index contributed by atoms with van der Waals surface area (Å²) < 4.78 is 12.1. The van der Waals surface area contributed by atoms with E-state index in [-0.39, 0.29) is 11.7 Å². The van der Waals surface area contributed by atoms with Gasteiger partial charge in [-0.3, -0.25) is 9.00 Å². The molecule has 1 aliphatic rings. The number of carbonyl (C=O) groups excluding carboxylic acids is 1. The van der Waals surface area contributed by atoms with Crippen molar-refractivity contribution in [1.29, 1.82) is 0 Å². The number of hydrogen-bond donors (Lipinski definition) is 1. The SMILES string of the molecule is CN(C(=O)CS(=O)c1cc(N)ccc1Cl)C1CC1. The molecule has 1 amide bonds. The van der Waals surface area contributed by atoms with E-state index in [0.29, 0.717) is 21.6 Å². The Morgan fingerprint density at radius 2 is 2.22 bits per heavy atom. The van der Waals surface area contributed by atoms with Crippen molar-refractivity contribution in [3.8, 4) is 0 Å². The normalized spacial score (nSPS) is 16.3. The van der Waals surface area contributed by atoms with Crippen molar-refractivity contribution in [3.05, 3.63) is 23.2 Å². The lowest BCUT2D eigenvalue weighted by Crippen LogP contribution is -2.32. The van der Waals surface area contributed by atoms with Crippen LogP contribution in [-0.4, -0.2) is 33.9 Å². The van der Waals surface area contributed by atoms with E-state index in [4.69, 9.17) is 17.3 Å². The number of anilines is 1. The van der Waals surface area contributed by atoms with Crippen LogP contribution >= 0.6 is 11.6 Å². The van der Waals surface area contributed by atoms with Crippen molar-refractivity contribution >= 4 is 34.0 Å². The molecule has 0 bridgehead atoms. The van der Waals surface area contributed by atoms with Crippen molar-refractivity contribution in [3.63, 3.8) is 0 Å². The van der Waals surface area contributed by atoms with Gasteiger partial charge in [-0.1, -0.05) is 11.6 Å². The van der Waals surface area contributed by atoms with Crippen LogP contribution in [0.4, 0.5) is 5.69 Å². The lowest BCUT2D eigenvalue weighted by Gasteiger charge is -2.16. The Bertz CT molecular complexity index is 503. The van der Waals surface area contributed by atoms with Crippen molar-refractivity contribution in [2.75, 3.05) is 18.5 Å². The average Bonchev–Trinajstić information content (AvgIpc) is 3.15. The summed E-state index contributed by atoms with van der Waals surface area (Å²) in [7, 11) is 0.300. The van der Waals surface area contributed by atoms with E-state index < -0.39 is 10.8 Å². The Hall–Kier alpha value is -1.07. The van der Waals surface area contributed by atoms with Crippen LogP contribution in [0.5, 0.6) is 0 Å². The van der Waals surface area contributed by atoms with Crippen LogP contribution in [0.25, 0.3) is 0 Å². The summed E-state index contributed by atoms with van der Waals surface area (Å²) in [4.78, 5) is 14.0. The predicted molar refractivity (Wildman–Crippen MR) is 72.9 cm³/mol. The number of nitrogens with two attached hydrogens (primary N) is 1. The van der Waals surface area contributed by atoms with Gasteiger partial charge in [0.1, 0.15) is 5.75 Å². The van der Waals surface area contributed by atoms with E-state index in [1.54, 1.807) is 30.1 Å². The zero-order valence-electron chi connectivity index (χ0n) is 10.1. The Morgan fingerprint density at radius 1 is 1.56 bits per heavy atom. The molecule has 4 nitrogen and oxygen atoms in total. The molecule has 1 saturated carbocycles. The Morgan fingerprint density at radius 3 is 2.83 bits per heavy atom. The molecule has 0 aromatic heterocycles. The fraction of sp³-hybridized carbons (Fsp3) is 0.417. The molecule has 98 valence electrons. The molecule has 0 spiro atoms. The monoisotopic (exact) mass is 286 g/mol. The van der Waals surface area contributed by atoms with Gasteiger partial charge >= 0.3 is 0 Å². The molecule has 0 radical (unpaired) electrons. The summed E-state index contributed by atoms with van der Waals surface area (Å²) in [6.07, 6.45) is 2.07. The summed E-state index contributed by atoms with van der Waals surface area (Å²) >= 11 is 5.96. The van der Waals surface area contributed by atoms with E-state index in [1.165, 1.54) is 0 Å². The van der Waals surface area contributed by atoms with Crippen molar-refractivity contribution in [2.24, 2.45) is 0 Å². The number of carbonyl (C=O) groups is 1. The average molecular weight is 287 g/mol. The molecule has 1 atom stereocenters. The minimum Gasteiger partial charge on any atom is -0.399 e. The van der Waals surface area contributed by atoms with Gasteiger partial charge in [0.25, 0.3) is 0 Å². The molecule has 1 unspecified atom stereocenters. The zero-order chi connectivity index (χ0) is 13.3. The summed E-state index contributed by atoms with van der Waals surface area (Å²) in [5.41, 5.74) is 6.12. The number of benzene rings is 1. The summed E-state index contributed by atoms with van der Waals surface area (Å²) in [6, 6.07) is 5.12. The van der Waals surface area contributed by atoms with Gasteiger partial charge in [-0.15, -0.1) is 0 Å². The smallest absolute Gasteiger partial charge is 0.235 e. The van der Waals surface area contributed by atoms with Crippen LogP contribution in [-0.2, 0) is 15.6 Å². The summed E-state index contributed by atoms with van der Waals surface area (Å²) in [5.74, 6) is -0.162. The maximum Gasteiger partial charge on any atom is 0.235 e. The molecule has 18 heavy (non-hydrogen) atoms. The van der Waals surface area contributed by atoms with Gasteiger partial charge in [-0.25, -0.2) is 0 Å². The molecule has 2 N–H and O–H groups in total. The molecule has 1 aliphatic carbocycles. The van der Waals surface area contributed by atoms with Crippen LogP contribution < -0.4 is 5.73 Å². The molecule has 0 saturated heterocycles. The fourth-order valence-corrected chi connectivity index (χ4v) is 3.16. The third kappa shape index (κ3) is 3.03. The first-order chi connectivity index (χ1) is 8.49. The molecule has 6 heteroatoms. The maximum absolute atomic E-state index is 12.1. The van der Waals surface area contributed by atoms with Gasteiger partial charge in [0.15, 0.2) is 0 Å². The summed E-state index contributed by atoms with van der Waals surface area (Å²) in [5, 5.41) is 0.379. The lowest BCUT2D eigenvalue weighted by atomic mass is 10.3. The number of halogens is 1. The van der Waals surface area contributed by atoms with Crippen molar-refractivity contribution in [2.45, 2.75) is 23.8 Å². The number of nitrogen functional groups attached to an aromatic ring is 1. The molecule has 1 fully saturated rings. The largest absolute Gasteiger partial charge is 0.399 e. The second-order valence-corrected chi connectivity index (χ2v) is 6.24. The van der Waals surface area contributed by atoms with Crippen molar-refractivity contribution < 1.29 is 9.00 Å². The Balaban J connectivity index is 2.07. The topological polar surface area (TPSA) is 63.4 Å². The maximum atomic E-state index is 12.1. The minimum absolute atomic E-state index is 0.0455. The van der Waals surface area contributed by atoms with Crippen LogP contribution in [0.1, 0.15) is 12.8 Å². The van der Waals surface area contributed by atoms with Gasteiger partial charge < -0.3 is 10.6 Å². The zero-order valence-corrected chi connectivity index (χ0v) is 11.6. The van der Waals surface area contributed by atoms with Crippen LogP contribution in [0, 0.1) is 0 Å². The van der Waals surface area contributed by atoms with Crippen LogP contribution in [0.15, 0.2) is 23.1 Å². The molecule has 1 aromatic carbocycles. The quantitative estimate of drug-likeness (QED) is 0.856. The second kappa shape index (κ2) is 5.28. The Labute approximate surface area is 114 Å². The van der Waals surface area contributed by atoms with E-state index in [0.717, 1.165) is 12.8 Å². The first-order valence-corrected chi connectivity index (χ1v) is 7.38. The van der Waals surface area contributed by atoms with Crippen LogP contribution in [0.2, 0.25) is 5.02 Å². The van der Waals surface area contributed by atoms with Gasteiger partial charge in [0.05, 0.1) is 20.7 Å². The van der Waals surface area contributed by atoms with E-state index in [2.05, 4.69) is 0 Å². The van der Waals surface area contributed by atoms with E-state index in [9.17, 15) is 9.00 Å². The second-order valence-electron chi connectivity index (χ2n) is 4.42. The Kier molecular flexibility index (Phi) is 3.92. The minimum atomic E-state index is -1.45. The highest BCUT2D eigenvalue weighted by Gasteiger charge is 2.30. The number of rotatable bonds is 4.